The molecule has 0 amide bonds. The predicted octanol–water partition coefficient (Wildman–Crippen LogP) is 4.88. The molecule has 2 aromatic rings. The average molecular weight is 454 g/mol. The van der Waals surface area contributed by atoms with Gasteiger partial charge < -0.3 is 5.32 Å². The Balaban J connectivity index is 2.32. The van der Waals surface area contributed by atoms with Gasteiger partial charge in [-0.05, 0) is 46.3 Å². The first-order chi connectivity index (χ1) is 9.79. The van der Waals surface area contributed by atoms with Gasteiger partial charge in [-0.3, -0.25) is 0 Å². The molecule has 2 aromatic carbocycles. The molecule has 21 heavy (non-hydrogen) atoms. The minimum Gasteiger partial charge on any atom is -0.380 e. The van der Waals surface area contributed by atoms with Crippen molar-refractivity contribution in [2.75, 3.05) is 11.6 Å². The SMILES string of the molecule is CS(=O)(=O)c1cccc(Cl)c1CNc1ccc(Br)cc1Br. The fraction of sp³-hybridized carbons (Fsp3) is 0.143. The molecule has 0 heterocycles. The molecule has 3 nitrogen and oxygen atoms in total. The molecular formula is C14H12Br2ClNO2S. The molecule has 0 spiro atoms. The van der Waals surface area contributed by atoms with Crippen molar-refractivity contribution in [3.8, 4) is 0 Å². The highest BCUT2D eigenvalue weighted by Gasteiger charge is 2.15. The number of rotatable bonds is 4. The van der Waals surface area contributed by atoms with Crippen LogP contribution in [0.2, 0.25) is 5.02 Å². The maximum Gasteiger partial charge on any atom is 0.175 e. The summed E-state index contributed by atoms with van der Waals surface area (Å²) >= 11 is 13.0. The van der Waals surface area contributed by atoms with Crippen LogP contribution in [0.3, 0.4) is 0 Å². The number of halogens is 3. The van der Waals surface area contributed by atoms with Crippen molar-refractivity contribution >= 4 is 59.0 Å². The van der Waals surface area contributed by atoms with E-state index in [-0.39, 0.29) is 4.90 Å². The summed E-state index contributed by atoms with van der Waals surface area (Å²) in [5.41, 5.74) is 1.43. The Kier molecular flexibility index (Phi) is 5.35. The summed E-state index contributed by atoms with van der Waals surface area (Å²) in [6.07, 6.45) is 1.18. The Labute approximate surface area is 145 Å². The van der Waals surface area contributed by atoms with Gasteiger partial charge in [0.2, 0.25) is 0 Å². The van der Waals surface area contributed by atoms with Crippen LogP contribution in [-0.2, 0) is 16.4 Å². The van der Waals surface area contributed by atoms with Crippen molar-refractivity contribution in [2.45, 2.75) is 11.4 Å². The molecule has 0 fully saturated rings. The fourth-order valence-electron chi connectivity index (χ4n) is 1.87. The molecule has 0 aliphatic rings. The summed E-state index contributed by atoms with van der Waals surface area (Å²) in [7, 11) is -3.32. The van der Waals surface area contributed by atoms with E-state index in [4.69, 9.17) is 11.6 Å². The Morgan fingerprint density at radius 1 is 1.19 bits per heavy atom. The smallest absolute Gasteiger partial charge is 0.175 e. The lowest BCUT2D eigenvalue weighted by Gasteiger charge is -2.13. The molecule has 112 valence electrons. The second kappa shape index (κ2) is 6.69. The summed E-state index contributed by atoms with van der Waals surface area (Å²) < 4.78 is 25.5. The number of hydrogen-bond donors (Lipinski definition) is 1. The third kappa shape index (κ3) is 4.22. The number of sulfone groups is 1. The summed E-state index contributed by atoms with van der Waals surface area (Å²) in [5, 5.41) is 3.62. The van der Waals surface area contributed by atoms with Crippen LogP contribution in [0.15, 0.2) is 50.2 Å². The topological polar surface area (TPSA) is 46.2 Å². The van der Waals surface area contributed by atoms with Crippen LogP contribution < -0.4 is 5.32 Å². The molecule has 7 heteroatoms. The van der Waals surface area contributed by atoms with Crippen LogP contribution in [0.1, 0.15) is 5.56 Å². The van der Waals surface area contributed by atoms with E-state index in [1.807, 2.05) is 18.2 Å². The first-order valence-corrected chi connectivity index (χ1v) is 9.81. The third-order valence-electron chi connectivity index (χ3n) is 2.86. The predicted molar refractivity (Wildman–Crippen MR) is 93.7 cm³/mol. The normalized spacial score (nSPS) is 11.4. The Hall–Kier alpha value is -0.560. The second-order valence-electron chi connectivity index (χ2n) is 4.47. The highest BCUT2D eigenvalue weighted by molar-refractivity contribution is 9.11. The fourth-order valence-corrected chi connectivity index (χ4v) is 4.31. The van der Waals surface area contributed by atoms with Crippen LogP contribution in [0.25, 0.3) is 0 Å². The van der Waals surface area contributed by atoms with Gasteiger partial charge in [0.15, 0.2) is 9.84 Å². The Morgan fingerprint density at radius 2 is 1.90 bits per heavy atom. The van der Waals surface area contributed by atoms with Crippen molar-refractivity contribution in [3.05, 3.63) is 55.9 Å². The molecular weight excluding hydrogens is 441 g/mol. The van der Waals surface area contributed by atoms with E-state index < -0.39 is 9.84 Å². The zero-order valence-electron chi connectivity index (χ0n) is 11.0. The zero-order chi connectivity index (χ0) is 15.6. The number of benzene rings is 2. The van der Waals surface area contributed by atoms with Crippen molar-refractivity contribution < 1.29 is 8.42 Å². The van der Waals surface area contributed by atoms with Crippen molar-refractivity contribution in [1.29, 1.82) is 0 Å². The quantitative estimate of drug-likeness (QED) is 0.718. The molecule has 1 N–H and O–H groups in total. The van der Waals surface area contributed by atoms with Gasteiger partial charge in [0.25, 0.3) is 0 Å². The number of hydrogen-bond acceptors (Lipinski definition) is 3. The standard InChI is InChI=1S/C14H12Br2ClNO2S/c1-21(19,20)14-4-2-3-12(17)10(14)8-18-13-6-5-9(15)7-11(13)16/h2-7,18H,8H2,1H3. The van der Waals surface area contributed by atoms with Crippen molar-refractivity contribution in [1.82, 2.24) is 0 Å². The van der Waals surface area contributed by atoms with Crippen molar-refractivity contribution in [2.24, 2.45) is 0 Å². The lowest BCUT2D eigenvalue weighted by Crippen LogP contribution is -2.08. The third-order valence-corrected chi connectivity index (χ3v) is 5.55. The summed E-state index contributed by atoms with van der Waals surface area (Å²) in [4.78, 5) is 0.246. The number of nitrogens with one attached hydrogen (secondary N) is 1. The van der Waals surface area contributed by atoms with Gasteiger partial charge in [0.05, 0.1) is 4.90 Å². The number of anilines is 1. The average Bonchev–Trinajstić information content (AvgIpc) is 2.37. The summed E-state index contributed by atoms with van der Waals surface area (Å²) in [6.45, 7) is 0.322. The molecule has 2 rings (SSSR count). The van der Waals surface area contributed by atoms with E-state index in [2.05, 4.69) is 37.2 Å². The second-order valence-corrected chi connectivity index (χ2v) is 8.63. The minimum absolute atomic E-state index is 0.246. The molecule has 0 atom stereocenters. The van der Waals surface area contributed by atoms with Crippen LogP contribution >= 0.6 is 43.5 Å². The molecule has 0 saturated carbocycles. The van der Waals surface area contributed by atoms with Gasteiger partial charge >= 0.3 is 0 Å². The summed E-state index contributed by atoms with van der Waals surface area (Å²) in [5.74, 6) is 0. The molecule has 0 bridgehead atoms. The van der Waals surface area contributed by atoms with Gasteiger partial charge in [0.1, 0.15) is 0 Å². The molecule has 0 aliphatic heterocycles. The lowest BCUT2D eigenvalue weighted by atomic mass is 10.2. The highest BCUT2D eigenvalue weighted by atomic mass is 79.9. The van der Waals surface area contributed by atoms with Crippen LogP contribution in [0, 0.1) is 0 Å². The van der Waals surface area contributed by atoms with E-state index in [1.54, 1.807) is 18.2 Å². The molecule has 0 saturated heterocycles. The van der Waals surface area contributed by atoms with Gasteiger partial charge in [-0.25, -0.2) is 8.42 Å². The minimum atomic E-state index is -3.32. The largest absolute Gasteiger partial charge is 0.380 e. The maximum atomic E-state index is 11.8. The van der Waals surface area contributed by atoms with E-state index >= 15 is 0 Å². The van der Waals surface area contributed by atoms with Crippen LogP contribution in [0.5, 0.6) is 0 Å². The lowest BCUT2D eigenvalue weighted by molar-refractivity contribution is 0.601. The van der Waals surface area contributed by atoms with E-state index in [0.717, 1.165) is 14.6 Å². The van der Waals surface area contributed by atoms with E-state index in [1.165, 1.54) is 6.26 Å². The Morgan fingerprint density at radius 3 is 2.52 bits per heavy atom. The van der Waals surface area contributed by atoms with Crippen molar-refractivity contribution in [3.63, 3.8) is 0 Å². The molecule has 0 unspecified atom stereocenters. The zero-order valence-corrected chi connectivity index (χ0v) is 15.8. The van der Waals surface area contributed by atoms with E-state index in [0.29, 0.717) is 17.1 Å². The first-order valence-electron chi connectivity index (χ1n) is 5.95. The van der Waals surface area contributed by atoms with Crippen LogP contribution in [-0.4, -0.2) is 14.7 Å². The molecule has 0 aliphatic carbocycles. The van der Waals surface area contributed by atoms with Crippen LogP contribution in [0.4, 0.5) is 5.69 Å². The molecule has 0 aromatic heterocycles. The highest BCUT2D eigenvalue weighted by Crippen LogP contribution is 2.29. The van der Waals surface area contributed by atoms with Gasteiger partial charge in [-0.1, -0.05) is 33.6 Å². The monoisotopic (exact) mass is 451 g/mol. The van der Waals surface area contributed by atoms with Gasteiger partial charge in [-0.15, -0.1) is 0 Å². The van der Waals surface area contributed by atoms with E-state index in [9.17, 15) is 8.42 Å². The molecule has 0 radical (unpaired) electrons. The maximum absolute atomic E-state index is 11.8. The van der Waals surface area contributed by atoms with Gasteiger partial charge in [0, 0.05) is 38.0 Å². The van der Waals surface area contributed by atoms with Gasteiger partial charge in [-0.2, -0.15) is 0 Å². The summed E-state index contributed by atoms with van der Waals surface area (Å²) in [6, 6.07) is 10.6. The Bertz CT molecular complexity index is 779. The first kappa shape index (κ1) is 16.8.